The molecule has 114 valence electrons. The Kier molecular flexibility index (Phi) is 6.00. The summed E-state index contributed by atoms with van der Waals surface area (Å²) in [6.45, 7) is 11.8. The number of ether oxygens (including phenoxy) is 1. The fourth-order valence-corrected chi connectivity index (χ4v) is 2.09. The van der Waals surface area contributed by atoms with E-state index in [-0.39, 0.29) is 11.4 Å². The topological polar surface area (TPSA) is 21.3 Å². The van der Waals surface area contributed by atoms with Gasteiger partial charge in [0.25, 0.3) is 0 Å². The Morgan fingerprint density at radius 2 is 1.85 bits per heavy atom. The number of hydrogen-bond donors (Lipinski definition) is 1. The third kappa shape index (κ3) is 5.12. The SMILES string of the molecule is COc1cccc(CC(C)C(C)CNC(C)(C)C)c1F. The molecule has 0 fully saturated rings. The molecule has 1 aromatic rings. The van der Waals surface area contributed by atoms with Crippen LogP contribution >= 0.6 is 0 Å². The number of methoxy groups -OCH3 is 1. The zero-order chi connectivity index (χ0) is 15.3. The van der Waals surface area contributed by atoms with E-state index in [9.17, 15) is 4.39 Å². The molecule has 0 aliphatic carbocycles. The number of nitrogens with one attached hydrogen (secondary N) is 1. The lowest BCUT2D eigenvalue weighted by molar-refractivity contribution is 0.314. The van der Waals surface area contributed by atoms with Crippen molar-refractivity contribution in [2.75, 3.05) is 13.7 Å². The van der Waals surface area contributed by atoms with Crippen molar-refractivity contribution in [2.45, 2.75) is 46.6 Å². The highest BCUT2D eigenvalue weighted by molar-refractivity contribution is 5.31. The van der Waals surface area contributed by atoms with Crippen LogP contribution in [0.3, 0.4) is 0 Å². The minimum Gasteiger partial charge on any atom is -0.494 e. The Labute approximate surface area is 122 Å². The molecule has 2 unspecified atom stereocenters. The van der Waals surface area contributed by atoms with Gasteiger partial charge < -0.3 is 10.1 Å². The zero-order valence-electron chi connectivity index (χ0n) is 13.6. The van der Waals surface area contributed by atoms with Gasteiger partial charge in [-0.15, -0.1) is 0 Å². The fourth-order valence-electron chi connectivity index (χ4n) is 2.09. The Morgan fingerprint density at radius 3 is 2.40 bits per heavy atom. The van der Waals surface area contributed by atoms with Crippen molar-refractivity contribution >= 4 is 0 Å². The maximum absolute atomic E-state index is 14.1. The van der Waals surface area contributed by atoms with Crippen LogP contribution in [-0.4, -0.2) is 19.2 Å². The van der Waals surface area contributed by atoms with E-state index in [4.69, 9.17) is 4.74 Å². The van der Waals surface area contributed by atoms with E-state index in [1.54, 1.807) is 6.07 Å². The van der Waals surface area contributed by atoms with Crippen LogP contribution < -0.4 is 10.1 Å². The molecule has 0 aliphatic rings. The van der Waals surface area contributed by atoms with Gasteiger partial charge in [-0.1, -0.05) is 26.0 Å². The van der Waals surface area contributed by atoms with E-state index >= 15 is 0 Å². The lowest BCUT2D eigenvalue weighted by Crippen LogP contribution is -2.40. The van der Waals surface area contributed by atoms with E-state index in [0.29, 0.717) is 17.6 Å². The number of benzene rings is 1. The van der Waals surface area contributed by atoms with Crippen molar-refractivity contribution in [1.82, 2.24) is 5.32 Å². The summed E-state index contributed by atoms with van der Waals surface area (Å²) in [5, 5.41) is 3.51. The molecule has 20 heavy (non-hydrogen) atoms. The molecule has 0 spiro atoms. The Hall–Kier alpha value is -1.09. The van der Waals surface area contributed by atoms with Crippen LogP contribution in [0, 0.1) is 17.7 Å². The van der Waals surface area contributed by atoms with Crippen LogP contribution in [0.15, 0.2) is 18.2 Å². The van der Waals surface area contributed by atoms with Crippen LogP contribution in [0.25, 0.3) is 0 Å². The van der Waals surface area contributed by atoms with Crippen molar-refractivity contribution in [3.8, 4) is 5.75 Å². The Balaban J connectivity index is 2.64. The van der Waals surface area contributed by atoms with Gasteiger partial charge in [0.1, 0.15) is 0 Å². The normalized spacial score (nSPS) is 14.9. The maximum Gasteiger partial charge on any atom is 0.168 e. The molecule has 1 rings (SSSR count). The number of hydrogen-bond acceptors (Lipinski definition) is 2. The highest BCUT2D eigenvalue weighted by Gasteiger charge is 2.18. The molecule has 0 aromatic heterocycles. The van der Waals surface area contributed by atoms with E-state index < -0.39 is 0 Å². The zero-order valence-corrected chi connectivity index (χ0v) is 13.6. The van der Waals surface area contributed by atoms with Gasteiger partial charge in [-0.05, 0) is 57.2 Å². The third-order valence-corrected chi connectivity index (χ3v) is 3.73. The molecule has 1 aromatic carbocycles. The average molecular weight is 281 g/mol. The summed E-state index contributed by atoms with van der Waals surface area (Å²) in [4.78, 5) is 0. The first-order chi connectivity index (χ1) is 9.24. The third-order valence-electron chi connectivity index (χ3n) is 3.73. The van der Waals surface area contributed by atoms with E-state index in [1.165, 1.54) is 7.11 Å². The first kappa shape index (κ1) is 17.0. The summed E-state index contributed by atoms with van der Waals surface area (Å²) in [5.41, 5.74) is 0.856. The van der Waals surface area contributed by atoms with Crippen molar-refractivity contribution in [2.24, 2.45) is 11.8 Å². The van der Waals surface area contributed by atoms with Gasteiger partial charge in [-0.25, -0.2) is 4.39 Å². The van der Waals surface area contributed by atoms with Gasteiger partial charge in [0.15, 0.2) is 11.6 Å². The summed E-state index contributed by atoms with van der Waals surface area (Å²) < 4.78 is 19.2. The first-order valence-corrected chi connectivity index (χ1v) is 7.31. The molecule has 0 heterocycles. The van der Waals surface area contributed by atoms with Crippen molar-refractivity contribution in [1.29, 1.82) is 0 Å². The van der Waals surface area contributed by atoms with Crippen LogP contribution in [0.4, 0.5) is 4.39 Å². The molecular formula is C17H28FNO. The lowest BCUT2D eigenvalue weighted by Gasteiger charge is -2.27. The maximum atomic E-state index is 14.1. The van der Waals surface area contributed by atoms with Gasteiger partial charge in [0.05, 0.1) is 7.11 Å². The van der Waals surface area contributed by atoms with E-state index in [0.717, 1.165) is 18.5 Å². The van der Waals surface area contributed by atoms with Crippen molar-refractivity contribution < 1.29 is 9.13 Å². The molecule has 0 amide bonds. The molecule has 2 atom stereocenters. The molecule has 0 bridgehead atoms. The first-order valence-electron chi connectivity index (χ1n) is 7.31. The summed E-state index contributed by atoms with van der Waals surface area (Å²) in [5.74, 6) is 0.999. The summed E-state index contributed by atoms with van der Waals surface area (Å²) in [6, 6.07) is 5.36. The van der Waals surface area contributed by atoms with Crippen LogP contribution in [-0.2, 0) is 6.42 Å². The van der Waals surface area contributed by atoms with Crippen molar-refractivity contribution in [3.05, 3.63) is 29.6 Å². The van der Waals surface area contributed by atoms with E-state index in [2.05, 4.69) is 39.9 Å². The molecule has 2 nitrogen and oxygen atoms in total. The van der Waals surface area contributed by atoms with Gasteiger partial charge >= 0.3 is 0 Å². The monoisotopic (exact) mass is 281 g/mol. The van der Waals surface area contributed by atoms with Gasteiger partial charge in [-0.3, -0.25) is 0 Å². The molecular weight excluding hydrogens is 253 g/mol. The van der Waals surface area contributed by atoms with Gasteiger partial charge in [0.2, 0.25) is 0 Å². The van der Waals surface area contributed by atoms with Gasteiger partial charge in [0, 0.05) is 5.54 Å². The van der Waals surface area contributed by atoms with Crippen LogP contribution in [0.5, 0.6) is 5.75 Å². The minimum atomic E-state index is -0.224. The van der Waals surface area contributed by atoms with Crippen LogP contribution in [0.2, 0.25) is 0 Å². The minimum absolute atomic E-state index is 0.120. The quantitative estimate of drug-likeness (QED) is 0.850. The largest absolute Gasteiger partial charge is 0.494 e. The number of halogens is 1. The summed E-state index contributed by atoms with van der Waals surface area (Å²) in [6.07, 6.45) is 0.732. The fraction of sp³-hybridized carbons (Fsp3) is 0.647. The van der Waals surface area contributed by atoms with Crippen molar-refractivity contribution in [3.63, 3.8) is 0 Å². The second kappa shape index (κ2) is 7.07. The lowest BCUT2D eigenvalue weighted by atomic mass is 9.88. The van der Waals surface area contributed by atoms with Gasteiger partial charge in [-0.2, -0.15) is 0 Å². The highest BCUT2D eigenvalue weighted by Crippen LogP contribution is 2.24. The second-order valence-electron chi connectivity index (χ2n) is 6.72. The summed E-state index contributed by atoms with van der Waals surface area (Å²) >= 11 is 0. The smallest absolute Gasteiger partial charge is 0.168 e. The summed E-state index contributed by atoms with van der Waals surface area (Å²) in [7, 11) is 1.50. The Morgan fingerprint density at radius 1 is 1.20 bits per heavy atom. The Bertz CT molecular complexity index is 425. The van der Waals surface area contributed by atoms with E-state index in [1.807, 2.05) is 12.1 Å². The molecule has 0 saturated heterocycles. The predicted octanol–water partition coefficient (Wildman–Crippen LogP) is 4.04. The standard InChI is InChI=1S/C17H28FNO/c1-12(13(2)11-19-17(3,4)5)10-14-8-7-9-15(20-6)16(14)18/h7-9,12-13,19H,10-11H2,1-6H3. The van der Waals surface area contributed by atoms with Crippen LogP contribution in [0.1, 0.15) is 40.2 Å². The molecule has 0 radical (unpaired) electrons. The predicted molar refractivity (Wildman–Crippen MR) is 82.7 cm³/mol. The number of rotatable bonds is 6. The molecule has 0 aliphatic heterocycles. The highest BCUT2D eigenvalue weighted by atomic mass is 19.1. The average Bonchev–Trinajstić information content (AvgIpc) is 2.37. The molecule has 3 heteroatoms. The molecule has 1 N–H and O–H groups in total. The second-order valence-corrected chi connectivity index (χ2v) is 6.72. The molecule has 0 saturated carbocycles.